The number of benzene rings is 2. The van der Waals surface area contributed by atoms with Crippen LogP contribution in [0.5, 0.6) is 11.5 Å². The Morgan fingerprint density at radius 1 is 1.03 bits per heavy atom. The Bertz CT molecular complexity index is 815. The van der Waals surface area contributed by atoms with Crippen LogP contribution < -0.4 is 9.47 Å². The van der Waals surface area contributed by atoms with Crippen LogP contribution in [0.4, 0.5) is 0 Å². The maximum atomic E-state index is 6.11. The number of aryl methyl sites for hydroxylation is 2. The Kier molecular flexibility index (Phi) is 9.99. The summed E-state index contributed by atoms with van der Waals surface area (Å²) in [5, 5.41) is 4.19. The quantitative estimate of drug-likeness (QED) is 0.231. The van der Waals surface area contributed by atoms with Crippen molar-refractivity contribution in [3.63, 3.8) is 0 Å². The number of hydrogen-bond donors (Lipinski definition) is 0. The Hall–Kier alpha value is -2.75. The highest BCUT2D eigenvalue weighted by molar-refractivity contribution is 6.00. The first-order chi connectivity index (χ1) is 14.6. The van der Waals surface area contributed by atoms with Crippen molar-refractivity contribution in [2.75, 3.05) is 20.3 Å². The molecule has 0 atom stereocenters. The van der Waals surface area contributed by atoms with Crippen molar-refractivity contribution in [3.05, 3.63) is 70.8 Å². The first-order valence-electron chi connectivity index (χ1n) is 10.8. The minimum Gasteiger partial charge on any atom is -0.493 e. The van der Waals surface area contributed by atoms with Gasteiger partial charge in [-0.2, -0.15) is 0 Å². The van der Waals surface area contributed by atoms with Crippen molar-refractivity contribution in [2.45, 2.75) is 53.4 Å². The van der Waals surface area contributed by atoms with Crippen LogP contribution in [0.25, 0.3) is 0 Å². The van der Waals surface area contributed by atoms with Crippen molar-refractivity contribution in [3.8, 4) is 11.5 Å². The van der Waals surface area contributed by atoms with Gasteiger partial charge in [0.05, 0.1) is 12.3 Å². The maximum absolute atomic E-state index is 6.11. The average Bonchev–Trinajstić information content (AvgIpc) is 2.74. The number of ether oxygens (including phenoxy) is 2. The van der Waals surface area contributed by atoms with Crippen LogP contribution in [-0.2, 0) is 11.3 Å². The maximum Gasteiger partial charge on any atom is 0.125 e. The zero-order valence-electron chi connectivity index (χ0n) is 19.0. The summed E-state index contributed by atoms with van der Waals surface area (Å²) in [6.07, 6.45) is 8.01. The average molecular weight is 410 g/mol. The van der Waals surface area contributed by atoms with Crippen molar-refractivity contribution in [1.29, 1.82) is 0 Å². The Morgan fingerprint density at radius 3 is 2.33 bits per heavy atom. The fourth-order valence-electron chi connectivity index (χ4n) is 3.29. The van der Waals surface area contributed by atoms with E-state index in [0.717, 1.165) is 59.6 Å². The number of allylic oxidation sites excluding steroid dienone is 1. The predicted molar refractivity (Wildman–Crippen MR) is 125 cm³/mol. The van der Waals surface area contributed by atoms with E-state index in [9.17, 15) is 0 Å². The molecule has 2 aromatic carbocycles. The normalized spacial score (nSPS) is 11.7. The minimum atomic E-state index is 0.584. The lowest BCUT2D eigenvalue weighted by Crippen LogP contribution is -2.06. The predicted octanol–water partition coefficient (Wildman–Crippen LogP) is 6.42. The topological polar surface area (TPSA) is 40.0 Å². The van der Waals surface area contributed by atoms with Crippen LogP contribution in [0.15, 0.2) is 53.7 Å². The highest BCUT2D eigenvalue weighted by Gasteiger charge is 2.08. The summed E-state index contributed by atoms with van der Waals surface area (Å²) in [6, 6.07) is 12.6. The minimum absolute atomic E-state index is 0.584. The first kappa shape index (κ1) is 23.5. The molecule has 2 aromatic rings. The Morgan fingerprint density at radius 2 is 1.73 bits per heavy atom. The van der Waals surface area contributed by atoms with Gasteiger partial charge in [-0.3, -0.25) is 0 Å². The number of unbranched alkanes of at least 4 members (excludes halogenated alkanes) is 1. The molecule has 0 aliphatic rings. The Labute approximate surface area is 181 Å². The first-order valence-corrected chi connectivity index (χ1v) is 10.8. The smallest absolute Gasteiger partial charge is 0.125 e. The van der Waals surface area contributed by atoms with Crippen molar-refractivity contribution >= 4 is 5.71 Å². The van der Waals surface area contributed by atoms with Crippen molar-refractivity contribution < 1.29 is 14.3 Å². The molecule has 0 fully saturated rings. The molecule has 4 heteroatoms. The molecule has 0 spiro atoms. The van der Waals surface area contributed by atoms with E-state index < -0.39 is 0 Å². The fraction of sp³-hybridized carbons (Fsp3) is 0.423. The van der Waals surface area contributed by atoms with Gasteiger partial charge in [-0.15, -0.1) is 0 Å². The largest absolute Gasteiger partial charge is 0.493 e. The van der Waals surface area contributed by atoms with E-state index in [4.69, 9.17) is 14.3 Å². The Balaban J connectivity index is 1.94. The summed E-state index contributed by atoms with van der Waals surface area (Å²) in [5.41, 5.74) is 5.56. The van der Waals surface area contributed by atoms with E-state index in [0.29, 0.717) is 13.2 Å². The second-order valence-electron chi connectivity index (χ2n) is 7.39. The molecule has 0 saturated heterocycles. The molecule has 0 N–H and O–H groups in total. The van der Waals surface area contributed by atoms with Gasteiger partial charge < -0.3 is 14.3 Å². The van der Waals surface area contributed by atoms with Gasteiger partial charge in [-0.1, -0.05) is 54.9 Å². The van der Waals surface area contributed by atoms with E-state index in [1.54, 1.807) is 7.11 Å². The molecule has 162 valence electrons. The molecular formula is C26H35NO3. The van der Waals surface area contributed by atoms with E-state index in [2.05, 4.69) is 50.2 Å². The number of hydrogen-bond acceptors (Lipinski definition) is 4. The molecule has 0 aliphatic carbocycles. The molecule has 0 amide bonds. The summed E-state index contributed by atoms with van der Waals surface area (Å²) in [5.74, 6) is 1.82. The van der Waals surface area contributed by atoms with E-state index in [1.165, 1.54) is 5.56 Å². The number of nitrogens with zero attached hydrogens (tertiary/aromatic N) is 1. The van der Waals surface area contributed by atoms with E-state index in [1.807, 2.05) is 31.2 Å². The molecule has 0 aliphatic heterocycles. The highest BCUT2D eigenvalue weighted by atomic mass is 16.6. The van der Waals surface area contributed by atoms with Crippen molar-refractivity contribution in [1.82, 2.24) is 0 Å². The summed E-state index contributed by atoms with van der Waals surface area (Å²) in [4.78, 5) is 5.01. The zero-order chi connectivity index (χ0) is 21.8. The second kappa shape index (κ2) is 12.7. The molecular weight excluding hydrogens is 374 g/mol. The standard InChI is InChI=1S/C26H35NO3/c1-6-8-10-25(27-28-5)23-13-11-22(12-14-23)15-17-30-26-20(3)18-24(19-21(26)4)29-16-9-7-2/h7,9,11-14,18-19H,6,8,10,15-17H2,1-5H3/b9-7+,27-25?. The van der Waals surface area contributed by atoms with Crippen LogP contribution in [0.3, 0.4) is 0 Å². The molecule has 0 heterocycles. The molecule has 0 bridgehead atoms. The van der Waals surface area contributed by atoms with Crippen LogP contribution in [0.2, 0.25) is 0 Å². The fourth-order valence-corrected chi connectivity index (χ4v) is 3.29. The summed E-state index contributed by atoms with van der Waals surface area (Å²) in [7, 11) is 1.60. The van der Waals surface area contributed by atoms with Gasteiger partial charge in [0.15, 0.2) is 0 Å². The molecule has 0 radical (unpaired) electrons. The van der Waals surface area contributed by atoms with E-state index >= 15 is 0 Å². The lowest BCUT2D eigenvalue weighted by molar-refractivity contribution is 0.212. The SMILES string of the molecule is C/C=C/COc1cc(C)c(OCCc2ccc(C(CCCC)=NOC)cc2)c(C)c1. The van der Waals surface area contributed by atoms with Gasteiger partial charge in [0, 0.05) is 6.42 Å². The van der Waals surface area contributed by atoms with Gasteiger partial charge in [0.2, 0.25) is 0 Å². The summed E-state index contributed by atoms with van der Waals surface area (Å²) in [6.45, 7) is 9.51. The van der Waals surface area contributed by atoms with Gasteiger partial charge >= 0.3 is 0 Å². The van der Waals surface area contributed by atoms with Gasteiger partial charge in [-0.25, -0.2) is 0 Å². The summed E-state index contributed by atoms with van der Waals surface area (Å²) < 4.78 is 11.9. The third-order valence-corrected chi connectivity index (χ3v) is 4.91. The van der Waals surface area contributed by atoms with Gasteiger partial charge in [-0.05, 0) is 68.0 Å². The molecule has 0 aromatic heterocycles. The van der Waals surface area contributed by atoms with Gasteiger partial charge in [0.1, 0.15) is 25.2 Å². The van der Waals surface area contributed by atoms with Crippen LogP contribution in [0.1, 0.15) is 55.4 Å². The van der Waals surface area contributed by atoms with Gasteiger partial charge in [0.25, 0.3) is 0 Å². The monoisotopic (exact) mass is 409 g/mol. The second-order valence-corrected chi connectivity index (χ2v) is 7.39. The summed E-state index contributed by atoms with van der Waals surface area (Å²) >= 11 is 0. The van der Waals surface area contributed by atoms with E-state index in [-0.39, 0.29) is 0 Å². The molecule has 0 saturated carbocycles. The molecule has 0 unspecified atom stereocenters. The third-order valence-electron chi connectivity index (χ3n) is 4.91. The van der Waals surface area contributed by atoms with Crippen LogP contribution >= 0.6 is 0 Å². The molecule has 4 nitrogen and oxygen atoms in total. The van der Waals surface area contributed by atoms with Crippen LogP contribution in [-0.4, -0.2) is 26.0 Å². The highest BCUT2D eigenvalue weighted by Crippen LogP contribution is 2.28. The van der Waals surface area contributed by atoms with Crippen molar-refractivity contribution in [2.24, 2.45) is 5.16 Å². The third kappa shape index (κ3) is 7.25. The zero-order valence-corrected chi connectivity index (χ0v) is 19.0. The lowest BCUT2D eigenvalue weighted by Gasteiger charge is -2.14. The number of rotatable bonds is 12. The molecule has 30 heavy (non-hydrogen) atoms. The molecule has 2 rings (SSSR count). The number of oxime groups is 1. The van der Waals surface area contributed by atoms with Crippen LogP contribution in [0, 0.1) is 13.8 Å². The lowest BCUT2D eigenvalue weighted by atomic mass is 10.0.